The molecule has 0 aliphatic heterocycles. The van der Waals surface area contributed by atoms with Gasteiger partial charge in [-0.2, -0.15) is 0 Å². The molecule has 15 heavy (non-hydrogen) atoms. The molecule has 3 heterocycles. The molecule has 4 heteroatoms. The van der Waals surface area contributed by atoms with Crippen molar-refractivity contribution in [1.29, 1.82) is 0 Å². The van der Waals surface area contributed by atoms with Crippen LogP contribution in [0.15, 0.2) is 45.6 Å². The number of thiophene rings is 2. The molecule has 3 aromatic heterocycles. The molecule has 0 bridgehead atoms. The highest BCUT2D eigenvalue weighted by molar-refractivity contribution is 7.13. The molecule has 0 radical (unpaired) electrons. The smallest absolute Gasteiger partial charge is 0.177 e. The maximum absolute atomic E-state index is 5.30. The van der Waals surface area contributed by atoms with Gasteiger partial charge in [0.05, 0.1) is 9.75 Å². The lowest BCUT2D eigenvalue weighted by Gasteiger charge is -1.84. The van der Waals surface area contributed by atoms with Crippen molar-refractivity contribution in [3.8, 4) is 21.2 Å². The van der Waals surface area contributed by atoms with E-state index in [9.17, 15) is 0 Å². The minimum absolute atomic E-state index is 0.841. The van der Waals surface area contributed by atoms with Crippen LogP contribution in [-0.4, -0.2) is 5.16 Å². The van der Waals surface area contributed by atoms with E-state index in [4.69, 9.17) is 4.52 Å². The molecule has 0 atom stereocenters. The summed E-state index contributed by atoms with van der Waals surface area (Å²) in [6.07, 6.45) is 0. The molecule has 0 unspecified atom stereocenters. The summed E-state index contributed by atoms with van der Waals surface area (Å²) in [5.41, 5.74) is 0.911. The standard InChI is InChI=1S/C11H7NOS2/c1-3-10(14-5-1)8-7-9(13-12-8)11-4-2-6-15-11/h1-7H. The first-order chi connectivity index (χ1) is 7.43. The van der Waals surface area contributed by atoms with Crippen LogP contribution in [0, 0.1) is 0 Å². The van der Waals surface area contributed by atoms with E-state index >= 15 is 0 Å². The van der Waals surface area contributed by atoms with Crippen molar-refractivity contribution in [2.24, 2.45) is 0 Å². The van der Waals surface area contributed by atoms with Gasteiger partial charge in [-0.1, -0.05) is 17.3 Å². The summed E-state index contributed by atoms with van der Waals surface area (Å²) in [5.74, 6) is 0.841. The Morgan fingerprint density at radius 1 is 1.00 bits per heavy atom. The van der Waals surface area contributed by atoms with Crippen LogP contribution in [0.1, 0.15) is 0 Å². The van der Waals surface area contributed by atoms with E-state index in [0.717, 1.165) is 21.2 Å². The van der Waals surface area contributed by atoms with Crippen LogP contribution >= 0.6 is 22.7 Å². The molecule has 3 rings (SSSR count). The van der Waals surface area contributed by atoms with Gasteiger partial charge in [0, 0.05) is 6.07 Å². The first-order valence-corrected chi connectivity index (χ1v) is 6.24. The largest absolute Gasteiger partial charge is 0.355 e. The van der Waals surface area contributed by atoms with E-state index < -0.39 is 0 Å². The van der Waals surface area contributed by atoms with E-state index in [1.165, 1.54) is 0 Å². The highest BCUT2D eigenvalue weighted by atomic mass is 32.1. The zero-order valence-corrected chi connectivity index (χ0v) is 9.35. The number of hydrogen-bond donors (Lipinski definition) is 0. The van der Waals surface area contributed by atoms with Crippen LogP contribution in [0.25, 0.3) is 21.2 Å². The van der Waals surface area contributed by atoms with Crippen molar-refractivity contribution in [3.05, 3.63) is 41.1 Å². The highest BCUT2D eigenvalue weighted by Crippen LogP contribution is 2.30. The molecule has 0 aliphatic carbocycles. The maximum atomic E-state index is 5.30. The fourth-order valence-corrected chi connectivity index (χ4v) is 2.70. The Bertz CT molecular complexity index is 488. The van der Waals surface area contributed by atoms with Gasteiger partial charge in [0.2, 0.25) is 0 Å². The van der Waals surface area contributed by atoms with Gasteiger partial charge >= 0.3 is 0 Å². The van der Waals surface area contributed by atoms with E-state index in [2.05, 4.69) is 5.16 Å². The van der Waals surface area contributed by atoms with Gasteiger partial charge in [-0.25, -0.2) is 0 Å². The van der Waals surface area contributed by atoms with Crippen LogP contribution < -0.4 is 0 Å². The summed E-state index contributed by atoms with van der Waals surface area (Å²) in [6.45, 7) is 0. The lowest BCUT2D eigenvalue weighted by atomic mass is 10.3. The molecule has 0 spiro atoms. The molecular weight excluding hydrogens is 226 g/mol. The minimum atomic E-state index is 0.841. The molecule has 3 aromatic rings. The van der Waals surface area contributed by atoms with Crippen molar-refractivity contribution in [3.63, 3.8) is 0 Å². The predicted octanol–water partition coefficient (Wildman–Crippen LogP) is 4.13. The van der Waals surface area contributed by atoms with Crippen LogP contribution in [0.2, 0.25) is 0 Å². The monoisotopic (exact) mass is 233 g/mol. The van der Waals surface area contributed by atoms with Crippen molar-refractivity contribution in [1.82, 2.24) is 5.16 Å². The Kier molecular flexibility index (Phi) is 2.16. The zero-order chi connectivity index (χ0) is 10.1. The third-order valence-electron chi connectivity index (χ3n) is 2.05. The lowest BCUT2D eigenvalue weighted by Crippen LogP contribution is -1.66. The Morgan fingerprint density at radius 3 is 2.40 bits per heavy atom. The predicted molar refractivity (Wildman–Crippen MR) is 63.1 cm³/mol. The summed E-state index contributed by atoms with van der Waals surface area (Å²) in [7, 11) is 0. The second kappa shape index (κ2) is 3.64. The summed E-state index contributed by atoms with van der Waals surface area (Å²) in [6, 6.07) is 10.1. The Balaban J connectivity index is 2.02. The molecule has 0 N–H and O–H groups in total. The van der Waals surface area contributed by atoms with Gasteiger partial charge in [-0.05, 0) is 22.9 Å². The molecule has 0 amide bonds. The number of hydrogen-bond acceptors (Lipinski definition) is 4. The normalized spacial score (nSPS) is 10.7. The second-order valence-corrected chi connectivity index (χ2v) is 4.93. The average molecular weight is 233 g/mol. The third kappa shape index (κ3) is 1.62. The maximum Gasteiger partial charge on any atom is 0.177 e. The number of nitrogens with zero attached hydrogens (tertiary/aromatic N) is 1. The molecule has 2 nitrogen and oxygen atoms in total. The van der Waals surface area contributed by atoms with Crippen LogP contribution in [-0.2, 0) is 0 Å². The molecule has 0 aromatic carbocycles. The molecule has 0 fully saturated rings. The number of aromatic nitrogens is 1. The van der Waals surface area contributed by atoms with Crippen LogP contribution in [0.4, 0.5) is 0 Å². The first-order valence-electron chi connectivity index (χ1n) is 4.48. The van der Waals surface area contributed by atoms with Crippen LogP contribution in [0.5, 0.6) is 0 Å². The molecule has 0 saturated carbocycles. The fraction of sp³-hybridized carbons (Fsp3) is 0. The molecule has 0 aliphatic rings. The lowest BCUT2D eigenvalue weighted by molar-refractivity contribution is 0.436. The zero-order valence-electron chi connectivity index (χ0n) is 7.71. The van der Waals surface area contributed by atoms with E-state index in [1.807, 2.05) is 41.1 Å². The summed E-state index contributed by atoms with van der Waals surface area (Å²) < 4.78 is 5.30. The quantitative estimate of drug-likeness (QED) is 0.665. The summed E-state index contributed by atoms with van der Waals surface area (Å²) in [4.78, 5) is 2.26. The first kappa shape index (κ1) is 8.88. The molecule has 0 saturated heterocycles. The van der Waals surface area contributed by atoms with Crippen molar-refractivity contribution >= 4 is 22.7 Å². The Morgan fingerprint density at radius 2 is 1.73 bits per heavy atom. The molecular formula is C11H7NOS2. The Labute approximate surface area is 94.8 Å². The van der Waals surface area contributed by atoms with E-state index in [-0.39, 0.29) is 0 Å². The van der Waals surface area contributed by atoms with Crippen LogP contribution in [0.3, 0.4) is 0 Å². The highest BCUT2D eigenvalue weighted by Gasteiger charge is 2.09. The third-order valence-corrected chi connectivity index (χ3v) is 3.82. The fourth-order valence-electron chi connectivity index (χ4n) is 1.35. The van der Waals surface area contributed by atoms with Crippen molar-refractivity contribution in [2.75, 3.05) is 0 Å². The van der Waals surface area contributed by atoms with E-state index in [1.54, 1.807) is 22.7 Å². The topological polar surface area (TPSA) is 26.0 Å². The van der Waals surface area contributed by atoms with Crippen molar-refractivity contribution < 1.29 is 4.52 Å². The number of rotatable bonds is 2. The van der Waals surface area contributed by atoms with Gasteiger partial charge in [-0.15, -0.1) is 22.7 Å². The van der Waals surface area contributed by atoms with Gasteiger partial charge in [-0.3, -0.25) is 0 Å². The average Bonchev–Trinajstić information content (AvgIpc) is 3.02. The molecule has 74 valence electrons. The SMILES string of the molecule is c1csc(-c2cc(-c3cccs3)on2)c1. The Hall–Kier alpha value is -1.39. The van der Waals surface area contributed by atoms with Gasteiger partial charge in [0.25, 0.3) is 0 Å². The summed E-state index contributed by atoms with van der Waals surface area (Å²) >= 11 is 3.32. The summed E-state index contributed by atoms with van der Waals surface area (Å²) in [5, 5.41) is 8.12. The minimum Gasteiger partial charge on any atom is -0.355 e. The van der Waals surface area contributed by atoms with Gasteiger partial charge in [0.1, 0.15) is 5.69 Å². The van der Waals surface area contributed by atoms with Crippen molar-refractivity contribution in [2.45, 2.75) is 0 Å². The van der Waals surface area contributed by atoms with Gasteiger partial charge in [0.15, 0.2) is 5.76 Å². The van der Waals surface area contributed by atoms with Gasteiger partial charge < -0.3 is 4.52 Å². The second-order valence-electron chi connectivity index (χ2n) is 3.03. The van der Waals surface area contributed by atoms with E-state index in [0.29, 0.717) is 0 Å².